The van der Waals surface area contributed by atoms with Gasteiger partial charge in [-0.3, -0.25) is 0 Å². The maximum atomic E-state index is 12.0. The zero-order chi connectivity index (χ0) is 16.9. The molecule has 122 valence electrons. The summed E-state index contributed by atoms with van der Waals surface area (Å²) in [6.45, 7) is 0.185. The summed E-state index contributed by atoms with van der Waals surface area (Å²) in [6, 6.07) is 11.7. The van der Waals surface area contributed by atoms with Crippen molar-refractivity contribution in [2.24, 2.45) is 0 Å². The van der Waals surface area contributed by atoms with Gasteiger partial charge in [0.15, 0.2) is 0 Å². The van der Waals surface area contributed by atoms with Crippen molar-refractivity contribution in [2.75, 3.05) is 13.2 Å². The Morgan fingerprint density at radius 3 is 2.26 bits per heavy atom. The molecular formula is C15H14ClNO5S. The lowest BCUT2D eigenvalue weighted by Gasteiger charge is -2.09. The Bertz CT molecular complexity index is 773. The van der Waals surface area contributed by atoms with Crippen molar-refractivity contribution in [1.29, 1.82) is 0 Å². The van der Waals surface area contributed by atoms with Crippen LogP contribution >= 0.6 is 11.6 Å². The van der Waals surface area contributed by atoms with Crippen molar-refractivity contribution >= 4 is 27.6 Å². The third kappa shape index (κ3) is 4.95. The molecule has 0 amide bonds. The van der Waals surface area contributed by atoms with Crippen molar-refractivity contribution in [2.45, 2.75) is 4.90 Å². The second kappa shape index (κ2) is 7.45. The summed E-state index contributed by atoms with van der Waals surface area (Å²) in [5, 5.41) is 9.23. The molecule has 0 aliphatic heterocycles. The maximum absolute atomic E-state index is 12.0. The van der Waals surface area contributed by atoms with Crippen LogP contribution in [-0.4, -0.2) is 32.6 Å². The van der Waals surface area contributed by atoms with Crippen molar-refractivity contribution in [1.82, 2.24) is 4.72 Å². The molecule has 2 aromatic rings. The highest BCUT2D eigenvalue weighted by Gasteiger charge is 2.12. The molecule has 0 aliphatic rings. The van der Waals surface area contributed by atoms with E-state index in [9.17, 15) is 13.2 Å². The fourth-order valence-corrected chi connectivity index (χ4v) is 2.87. The number of rotatable bonds is 7. The van der Waals surface area contributed by atoms with E-state index in [1.54, 1.807) is 0 Å². The van der Waals surface area contributed by atoms with Gasteiger partial charge in [0.1, 0.15) is 12.4 Å². The van der Waals surface area contributed by atoms with E-state index in [2.05, 4.69) is 4.72 Å². The molecule has 0 radical (unpaired) electrons. The van der Waals surface area contributed by atoms with E-state index in [1.807, 2.05) is 0 Å². The van der Waals surface area contributed by atoms with Crippen LogP contribution in [0.1, 0.15) is 10.4 Å². The summed E-state index contributed by atoms with van der Waals surface area (Å²) >= 11 is 5.72. The fourth-order valence-electron chi connectivity index (χ4n) is 1.74. The van der Waals surface area contributed by atoms with Gasteiger partial charge in [0.05, 0.1) is 10.5 Å². The fraction of sp³-hybridized carbons (Fsp3) is 0.133. The van der Waals surface area contributed by atoms with Crippen LogP contribution in [0.4, 0.5) is 0 Å². The van der Waals surface area contributed by atoms with Crippen molar-refractivity contribution in [3.8, 4) is 5.75 Å². The second-order valence-corrected chi connectivity index (χ2v) is 6.73. The monoisotopic (exact) mass is 355 g/mol. The molecule has 0 spiro atoms. The van der Waals surface area contributed by atoms with Crippen LogP contribution in [0.15, 0.2) is 53.4 Å². The quantitative estimate of drug-likeness (QED) is 0.744. The maximum Gasteiger partial charge on any atom is 0.335 e. The van der Waals surface area contributed by atoms with E-state index in [-0.39, 0.29) is 23.6 Å². The Labute approximate surface area is 138 Å². The molecule has 0 unspecified atom stereocenters. The van der Waals surface area contributed by atoms with Crippen molar-refractivity contribution in [3.63, 3.8) is 0 Å². The Hall–Kier alpha value is -2.09. The third-order valence-electron chi connectivity index (χ3n) is 2.89. The molecule has 23 heavy (non-hydrogen) atoms. The van der Waals surface area contributed by atoms with Crippen LogP contribution in [0.3, 0.4) is 0 Å². The molecule has 2 aromatic carbocycles. The average molecular weight is 356 g/mol. The summed E-state index contributed by atoms with van der Waals surface area (Å²) in [6.07, 6.45) is 0. The van der Waals surface area contributed by atoms with E-state index in [4.69, 9.17) is 21.4 Å². The van der Waals surface area contributed by atoms with E-state index in [1.165, 1.54) is 48.5 Å². The van der Waals surface area contributed by atoms with Gasteiger partial charge in [0.25, 0.3) is 0 Å². The number of hydrogen-bond donors (Lipinski definition) is 2. The lowest BCUT2D eigenvalue weighted by Crippen LogP contribution is -2.28. The Kier molecular flexibility index (Phi) is 5.59. The highest BCUT2D eigenvalue weighted by atomic mass is 35.5. The van der Waals surface area contributed by atoms with Crippen LogP contribution in [0, 0.1) is 0 Å². The van der Waals surface area contributed by atoms with E-state index in [0.29, 0.717) is 10.8 Å². The number of aromatic carboxylic acids is 1. The smallest absolute Gasteiger partial charge is 0.335 e. The zero-order valence-corrected chi connectivity index (χ0v) is 13.5. The minimum atomic E-state index is -3.62. The number of ether oxygens (including phenoxy) is 1. The molecular weight excluding hydrogens is 342 g/mol. The molecule has 0 saturated carbocycles. The lowest BCUT2D eigenvalue weighted by molar-refractivity contribution is 0.0697. The molecule has 0 fully saturated rings. The summed E-state index contributed by atoms with van der Waals surface area (Å²) in [5.74, 6) is -0.562. The van der Waals surface area contributed by atoms with E-state index in [0.717, 1.165) is 0 Å². The van der Waals surface area contributed by atoms with Crippen molar-refractivity contribution in [3.05, 3.63) is 59.1 Å². The Morgan fingerprint density at radius 2 is 1.70 bits per heavy atom. The number of benzene rings is 2. The van der Waals surface area contributed by atoms with Gasteiger partial charge >= 0.3 is 5.97 Å². The van der Waals surface area contributed by atoms with Crippen molar-refractivity contribution < 1.29 is 23.1 Å². The first-order chi connectivity index (χ1) is 10.9. The van der Waals surface area contributed by atoms with Gasteiger partial charge < -0.3 is 9.84 Å². The van der Waals surface area contributed by atoms with Crippen LogP contribution < -0.4 is 9.46 Å². The Morgan fingerprint density at radius 1 is 1.09 bits per heavy atom. The van der Waals surface area contributed by atoms with Gasteiger partial charge in [-0.2, -0.15) is 0 Å². The van der Waals surface area contributed by atoms with E-state index >= 15 is 0 Å². The second-order valence-electron chi connectivity index (χ2n) is 4.53. The number of carboxylic acid groups (broad SMARTS) is 1. The standard InChI is InChI=1S/C15H14ClNO5S/c16-12-3-7-14(8-4-12)23(20,21)17-9-10-22-13-5-1-11(2-6-13)15(18)19/h1-8,17H,9-10H2,(H,18,19). The molecule has 0 bridgehead atoms. The van der Waals surface area contributed by atoms with Gasteiger partial charge in [-0.1, -0.05) is 11.6 Å². The number of carbonyl (C=O) groups is 1. The predicted molar refractivity (Wildman–Crippen MR) is 85.5 cm³/mol. The summed E-state index contributed by atoms with van der Waals surface area (Å²) in [5.41, 5.74) is 0.154. The summed E-state index contributed by atoms with van der Waals surface area (Å²) < 4.78 is 31.8. The van der Waals surface area contributed by atoms with Crippen LogP contribution in [0.5, 0.6) is 5.75 Å². The van der Waals surface area contributed by atoms with Gasteiger partial charge in [-0.15, -0.1) is 0 Å². The molecule has 0 atom stereocenters. The normalized spacial score (nSPS) is 11.2. The first-order valence-corrected chi connectivity index (χ1v) is 8.46. The molecule has 2 N–H and O–H groups in total. The molecule has 0 aliphatic carbocycles. The third-order valence-corrected chi connectivity index (χ3v) is 4.62. The first kappa shape index (κ1) is 17.3. The SMILES string of the molecule is O=C(O)c1ccc(OCCNS(=O)(=O)c2ccc(Cl)cc2)cc1. The van der Waals surface area contributed by atoms with Crippen LogP contribution in [0.25, 0.3) is 0 Å². The summed E-state index contributed by atoms with van der Waals surface area (Å²) in [4.78, 5) is 10.8. The average Bonchev–Trinajstić information content (AvgIpc) is 2.52. The number of carboxylic acids is 1. The summed E-state index contributed by atoms with van der Waals surface area (Å²) in [7, 11) is -3.62. The number of nitrogens with one attached hydrogen (secondary N) is 1. The first-order valence-electron chi connectivity index (χ1n) is 6.60. The molecule has 0 aromatic heterocycles. The van der Waals surface area contributed by atoms with Gasteiger partial charge in [0.2, 0.25) is 10.0 Å². The lowest BCUT2D eigenvalue weighted by atomic mass is 10.2. The molecule has 8 heteroatoms. The zero-order valence-electron chi connectivity index (χ0n) is 11.9. The number of sulfonamides is 1. The van der Waals surface area contributed by atoms with Crippen LogP contribution in [-0.2, 0) is 10.0 Å². The highest BCUT2D eigenvalue weighted by molar-refractivity contribution is 7.89. The predicted octanol–water partition coefficient (Wildman–Crippen LogP) is 2.40. The van der Waals surface area contributed by atoms with Crippen LogP contribution in [0.2, 0.25) is 5.02 Å². The molecule has 0 heterocycles. The van der Waals surface area contributed by atoms with Gasteiger partial charge in [-0.05, 0) is 48.5 Å². The largest absolute Gasteiger partial charge is 0.492 e. The topological polar surface area (TPSA) is 92.7 Å². The van der Waals surface area contributed by atoms with Gasteiger partial charge in [0, 0.05) is 11.6 Å². The molecule has 2 rings (SSSR count). The minimum absolute atomic E-state index is 0.0750. The minimum Gasteiger partial charge on any atom is -0.492 e. The van der Waals surface area contributed by atoms with Gasteiger partial charge in [-0.25, -0.2) is 17.9 Å². The number of hydrogen-bond acceptors (Lipinski definition) is 4. The molecule has 6 nitrogen and oxygen atoms in total. The van der Waals surface area contributed by atoms with E-state index < -0.39 is 16.0 Å². The molecule has 0 saturated heterocycles. The highest BCUT2D eigenvalue weighted by Crippen LogP contribution is 2.14. The Balaban J connectivity index is 1.84. The number of halogens is 1.